The van der Waals surface area contributed by atoms with Gasteiger partial charge in [0.2, 0.25) is 0 Å². The molecule has 0 unspecified atom stereocenters. The van der Waals surface area contributed by atoms with Gasteiger partial charge in [0.15, 0.2) is 12.3 Å². The van der Waals surface area contributed by atoms with Crippen molar-refractivity contribution < 1.29 is 40.7 Å². The third-order valence-electron chi connectivity index (χ3n) is 3.80. The number of rotatable bonds is 4. The van der Waals surface area contributed by atoms with E-state index in [4.69, 9.17) is 0 Å². The normalized spacial score (nSPS) is 17.9. The van der Waals surface area contributed by atoms with Crippen LogP contribution >= 0.6 is 0 Å². The van der Waals surface area contributed by atoms with E-state index in [-0.39, 0.29) is 25.6 Å². The zero-order valence-corrected chi connectivity index (χ0v) is 14.0. The lowest BCUT2D eigenvalue weighted by molar-refractivity contribution is -0.162. The lowest BCUT2D eigenvalue weighted by Gasteiger charge is -2.17. The molecule has 2 amide bonds. The van der Waals surface area contributed by atoms with Crippen LogP contribution in [0.2, 0.25) is 0 Å². The van der Waals surface area contributed by atoms with Crippen molar-refractivity contribution in [1.82, 2.24) is 20.0 Å². The van der Waals surface area contributed by atoms with Crippen LogP contribution in [0, 0.1) is 5.92 Å². The van der Waals surface area contributed by atoms with E-state index < -0.39 is 42.2 Å². The van der Waals surface area contributed by atoms with Gasteiger partial charge in [0.05, 0.1) is 5.56 Å². The maximum absolute atomic E-state index is 12.9. The Morgan fingerprint density at radius 1 is 1.30 bits per heavy atom. The molecule has 1 aromatic heterocycles. The smallest absolute Gasteiger partial charge is 0.435 e. The highest BCUT2D eigenvalue weighted by Crippen LogP contribution is 2.30. The van der Waals surface area contributed by atoms with Crippen molar-refractivity contribution in [2.75, 3.05) is 26.2 Å². The molecule has 0 spiro atoms. The van der Waals surface area contributed by atoms with Gasteiger partial charge >= 0.3 is 18.4 Å². The molecule has 2 heterocycles. The minimum Gasteiger partial charge on any atom is -0.440 e. The number of hydrogen-bond donors (Lipinski definition) is 1. The molecular weight excluding hydrogens is 386 g/mol. The SMILES string of the molecule is Cn1cc(C(=O)NC[C@@H]2CCN(C(=O)OCC(F)(F)F)C2)c(C(F)(F)F)n1. The predicted molar refractivity (Wildman–Crippen MR) is 77.6 cm³/mol. The Balaban J connectivity index is 1.86. The van der Waals surface area contributed by atoms with Crippen LogP contribution in [-0.4, -0.2) is 59.1 Å². The van der Waals surface area contributed by atoms with Crippen LogP contribution in [0.1, 0.15) is 22.5 Å². The van der Waals surface area contributed by atoms with Crippen molar-refractivity contribution in [3.05, 3.63) is 17.5 Å². The maximum Gasteiger partial charge on any atom is 0.435 e. The Kier molecular flexibility index (Phi) is 5.90. The predicted octanol–water partition coefficient (Wildman–Crippen LogP) is 2.19. The van der Waals surface area contributed by atoms with Gasteiger partial charge in [-0.25, -0.2) is 4.79 Å². The zero-order valence-electron chi connectivity index (χ0n) is 14.0. The second kappa shape index (κ2) is 7.64. The van der Waals surface area contributed by atoms with Gasteiger partial charge < -0.3 is 15.0 Å². The van der Waals surface area contributed by atoms with Crippen LogP contribution in [0.4, 0.5) is 31.1 Å². The highest BCUT2D eigenvalue weighted by atomic mass is 19.4. The minimum atomic E-state index is -4.79. The van der Waals surface area contributed by atoms with E-state index in [2.05, 4.69) is 15.2 Å². The summed E-state index contributed by atoms with van der Waals surface area (Å²) in [6.07, 6.45) is -9.26. The summed E-state index contributed by atoms with van der Waals surface area (Å²) in [4.78, 5) is 24.6. The standard InChI is InChI=1S/C14H16F6N4O3/c1-23-6-9(10(22-23)14(18,19)20)11(25)21-4-8-2-3-24(5-8)12(26)27-7-13(15,16)17/h6,8H,2-5,7H2,1H3,(H,21,25)/t8-/m0/s1. The topological polar surface area (TPSA) is 76.5 Å². The van der Waals surface area contributed by atoms with E-state index in [9.17, 15) is 35.9 Å². The molecule has 152 valence electrons. The molecule has 1 aromatic rings. The van der Waals surface area contributed by atoms with Crippen molar-refractivity contribution in [3.63, 3.8) is 0 Å². The first-order valence-corrected chi connectivity index (χ1v) is 7.74. The molecule has 1 aliphatic rings. The second-order valence-corrected chi connectivity index (χ2v) is 6.04. The summed E-state index contributed by atoms with van der Waals surface area (Å²) in [6.45, 7) is -1.60. The van der Waals surface area contributed by atoms with Gasteiger partial charge in [-0.1, -0.05) is 0 Å². The molecule has 0 radical (unpaired) electrons. The van der Waals surface area contributed by atoms with Gasteiger partial charge in [-0.3, -0.25) is 9.48 Å². The fraction of sp³-hybridized carbons (Fsp3) is 0.643. The summed E-state index contributed by atoms with van der Waals surface area (Å²) in [6, 6.07) is 0. The molecule has 1 fully saturated rings. The monoisotopic (exact) mass is 402 g/mol. The number of carbonyl (C=O) groups excluding carboxylic acids is 2. The summed E-state index contributed by atoms with van der Waals surface area (Å²) in [5, 5.41) is 5.56. The zero-order chi connectivity index (χ0) is 20.4. The van der Waals surface area contributed by atoms with Crippen LogP contribution in [0.5, 0.6) is 0 Å². The summed E-state index contributed by atoms with van der Waals surface area (Å²) < 4.78 is 79.7. The van der Waals surface area contributed by atoms with Gasteiger partial charge in [0.25, 0.3) is 5.91 Å². The number of likely N-dealkylation sites (tertiary alicyclic amines) is 1. The molecular formula is C14H16F6N4O3. The van der Waals surface area contributed by atoms with Crippen molar-refractivity contribution in [2.24, 2.45) is 13.0 Å². The summed E-state index contributed by atoms with van der Waals surface area (Å²) in [7, 11) is 1.24. The van der Waals surface area contributed by atoms with Crippen molar-refractivity contribution in [3.8, 4) is 0 Å². The van der Waals surface area contributed by atoms with Crippen molar-refractivity contribution in [1.29, 1.82) is 0 Å². The molecule has 2 rings (SSSR count). The first-order valence-electron chi connectivity index (χ1n) is 7.74. The lowest BCUT2D eigenvalue weighted by atomic mass is 10.1. The third kappa shape index (κ3) is 5.76. The summed E-state index contributed by atoms with van der Waals surface area (Å²) in [5.41, 5.74) is -1.95. The first kappa shape index (κ1) is 20.8. The third-order valence-corrected chi connectivity index (χ3v) is 3.80. The number of nitrogens with one attached hydrogen (secondary N) is 1. The number of aromatic nitrogens is 2. The molecule has 1 aliphatic heterocycles. The quantitative estimate of drug-likeness (QED) is 0.784. The average Bonchev–Trinajstić information content (AvgIpc) is 3.15. The summed E-state index contributed by atoms with van der Waals surface area (Å²) >= 11 is 0. The number of amides is 2. The number of hydrogen-bond acceptors (Lipinski definition) is 4. The number of alkyl halides is 6. The molecule has 0 aliphatic carbocycles. The number of nitrogens with zero attached hydrogens (tertiary/aromatic N) is 3. The van der Waals surface area contributed by atoms with Crippen LogP contribution in [-0.2, 0) is 18.0 Å². The highest BCUT2D eigenvalue weighted by Gasteiger charge is 2.39. The van der Waals surface area contributed by atoms with Crippen LogP contribution in [0.15, 0.2) is 6.20 Å². The fourth-order valence-electron chi connectivity index (χ4n) is 2.60. The van der Waals surface area contributed by atoms with Crippen LogP contribution in [0.25, 0.3) is 0 Å². The number of ether oxygens (including phenoxy) is 1. The molecule has 1 atom stereocenters. The van der Waals surface area contributed by atoms with E-state index in [1.807, 2.05) is 0 Å². The van der Waals surface area contributed by atoms with E-state index in [0.717, 1.165) is 15.8 Å². The molecule has 0 saturated carbocycles. The Hall–Kier alpha value is -2.47. The van der Waals surface area contributed by atoms with Crippen molar-refractivity contribution in [2.45, 2.75) is 18.8 Å². The van der Waals surface area contributed by atoms with E-state index >= 15 is 0 Å². The van der Waals surface area contributed by atoms with Gasteiger partial charge in [0, 0.05) is 32.9 Å². The Morgan fingerprint density at radius 2 is 1.96 bits per heavy atom. The molecule has 7 nitrogen and oxygen atoms in total. The van der Waals surface area contributed by atoms with Gasteiger partial charge in [0.1, 0.15) is 0 Å². The van der Waals surface area contributed by atoms with Crippen molar-refractivity contribution >= 4 is 12.0 Å². The fourth-order valence-corrected chi connectivity index (χ4v) is 2.60. The van der Waals surface area contributed by atoms with E-state index in [1.54, 1.807) is 0 Å². The van der Waals surface area contributed by atoms with Gasteiger partial charge in [-0.05, 0) is 12.3 Å². The maximum atomic E-state index is 12.9. The Bertz CT molecular complexity index is 700. The first-order chi connectivity index (χ1) is 12.4. The molecule has 27 heavy (non-hydrogen) atoms. The van der Waals surface area contributed by atoms with Crippen LogP contribution in [0.3, 0.4) is 0 Å². The number of carbonyl (C=O) groups is 2. The molecule has 1 N–H and O–H groups in total. The van der Waals surface area contributed by atoms with E-state index in [0.29, 0.717) is 6.42 Å². The van der Waals surface area contributed by atoms with Gasteiger partial charge in [-0.15, -0.1) is 0 Å². The number of aryl methyl sites for hydroxylation is 1. The molecule has 0 bridgehead atoms. The largest absolute Gasteiger partial charge is 0.440 e. The highest BCUT2D eigenvalue weighted by molar-refractivity contribution is 5.95. The number of halogens is 6. The molecule has 1 saturated heterocycles. The second-order valence-electron chi connectivity index (χ2n) is 6.04. The lowest BCUT2D eigenvalue weighted by Crippen LogP contribution is -2.35. The summed E-state index contributed by atoms with van der Waals surface area (Å²) in [5.74, 6) is -1.30. The minimum absolute atomic E-state index is 0.0239. The van der Waals surface area contributed by atoms with E-state index in [1.165, 1.54) is 7.05 Å². The Labute approximate surface area is 149 Å². The molecule has 13 heteroatoms. The molecule has 0 aromatic carbocycles. The van der Waals surface area contributed by atoms with Crippen LogP contribution < -0.4 is 5.32 Å². The average molecular weight is 402 g/mol. The van der Waals surface area contributed by atoms with Gasteiger partial charge in [-0.2, -0.15) is 31.4 Å². The Morgan fingerprint density at radius 3 is 2.56 bits per heavy atom.